The number of nitrogens with zero attached hydrogens (tertiary/aromatic N) is 1. The lowest BCUT2D eigenvalue weighted by molar-refractivity contribution is -0.132. The summed E-state index contributed by atoms with van der Waals surface area (Å²) in [5.74, 6) is 1.43. The third kappa shape index (κ3) is 2.73. The number of carbonyl (C=O) groups is 1. The standard InChI is InChI=1S/C8H15NOS/c1-11-7-6-9-5-3-2-4-8(9)10/h2-7H2,1H3. The van der Waals surface area contributed by atoms with E-state index in [1.807, 2.05) is 4.90 Å². The van der Waals surface area contributed by atoms with Crippen LogP contribution in [-0.2, 0) is 4.79 Å². The van der Waals surface area contributed by atoms with Crippen LogP contribution < -0.4 is 0 Å². The maximum atomic E-state index is 11.2. The van der Waals surface area contributed by atoms with E-state index in [0.29, 0.717) is 5.91 Å². The van der Waals surface area contributed by atoms with E-state index in [9.17, 15) is 4.79 Å². The summed E-state index contributed by atoms with van der Waals surface area (Å²) in [6.07, 6.45) is 5.14. The van der Waals surface area contributed by atoms with Gasteiger partial charge in [0.1, 0.15) is 0 Å². The van der Waals surface area contributed by atoms with Crippen molar-refractivity contribution in [2.75, 3.05) is 25.1 Å². The quantitative estimate of drug-likeness (QED) is 0.642. The second-order valence-corrected chi connectivity index (χ2v) is 3.82. The van der Waals surface area contributed by atoms with Crippen LogP contribution >= 0.6 is 11.8 Å². The highest BCUT2D eigenvalue weighted by Gasteiger charge is 2.16. The van der Waals surface area contributed by atoms with Crippen molar-refractivity contribution in [2.45, 2.75) is 19.3 Å². The number of thioether (sulfide) groups is 1. The van der Waals surface area contributed by atoms with Crippen molar-refractivity contribution in [3.05, 3.63) is 0 Å². The van der Waals surface area contributed by atoms with Gasteiger partial charge in [0, 0.05) is 25.3 Å². The van der Waals surface area contributed by atoms with E-state index >= 15 is 0 Å². The van der Waals surface area contributed by atoms with Gasteiger partial charge in [0.15, 0.2) is 0 Å². The number of hydrogen-bond donors (Lipinski definition) is 0. The van der Waals surface area contributed by atoms with Gasteiger partial charge in [-0.15, -0.1) is 0 Å². The fraction of sp³-hybridized carbons (Fsp3) is 0.875. The topological polar surface area (TPSA) is 20.3 Å². The van der Waals surface area contributed by atoms with Crippen molar-refractivity contribution >= 4 is 17.7 Å². The van der Waals surface area contributed by atoms with Crippen molar-refractivity contribution in [3.63, 3.8) is 0 Å². The monoisotopic (exact) mass is 173 g/mol. The van der Waals surface area contributed by atoms with Gasteiger partial charge in [0.2, 0.25) is 5.91 Å². The van der Waals surface area contributed by atoms with Crippen LogP contribution in [0.5, 0.6) is 0 Å². The molecule has 2 nitrogen and oxygen atoms in total. The van der Waals surface area contributed by atoms with Gasteiger partial charge >= 0.3 is 0 Å². The molecule has 11 heavy (non-hydrogen) atoms. The highest BCUT2D eigenvalue weighted by atomic mass is 32.2. The molecule has 1 aliphatic heterocycles. The number of amides is 1. The van der Waals surface area contributed by atoms with E-state index in [-0.39, 0.29) is 0 Å². The van der Waals surface area contributed by atoms with Crippen molar-refractivity contribution in [3.8, 4) is 0 Å². The zero-order chi connectivity index (χ0) is 8.10. The summed E-state index contributed by atoms with van der Waals surface area (Å²) < 4.78 is 0. The van der Waals surface area contributed by atoms with E-state index in [2.05, 4.69) is 6.26 Å². The Morgan fingerprint density at radius 1 is 1.55 bits per heavy atom. The fourth-order valence-electron chi connectivity index (χ4n) is 1.30. The first-order chi connectivity index (χ1) is 5.34. The minimum absolute atomic E-state index is 0.352. The summed E-state index contributed by atoms with van der Waals surface area (Å²) in [4.78, 5) is 13.2. The summed E-state index contributed by atoms with van der Waals surface area (Å²) in [6, 6.07) is 0. The van der Waals surface area contributed by atoms with Crippen LogP contribution in [0.25, 0.3) is 0 Å². The first-order valence-electron chi connectivity index (χ1n) is 4.11. The molecular weight excluding hydrogens is 158 g/mol. The number of carbonyl (C=O) groups excluding carboxylic acids is 1. The molecule has 0 aromatic heterocycles. The molecule has 0 bridgehead atoms. The van der Waals surface area contributed by atoms with Gasteiger partial charge in [-0.25, -0.2) is 0 Å². The Morgan fingerprint density at radius 2 is 2.36 bits per heavy atom. The van der Waals surface area contributed by atoms with Crippen LogP contribution in [0.15, 0.2) is 0 Å². The summed E-state index contributed by atoms with van der Waals surface area (Å²) in [6.45, 7) is 1.93. The normalized spacial score (nSPS) is 19.0. The minimum Gasteiger partial charge on any atom is -0.342 e. The van der Waals surface area contributed by atoms with Gasteiger partial charge in [-0.1, -0.05) is 0 Å². The molecule has 0 spiro atoms. The molecule has 1 amide bonds. The highest BCUT2D eigenvalue weighted by molar-refractivity contribution is 7.98. The zero-order valence-corrected chi connectivity index (χ0v) is 7.82. The lowest BCUT2D eigenvalue weighted by Crippen LogP contribution is -2.36. The maximum Gasteiger partial charge on any atom is 0.222 e. The van der Waals surface area contributed by atoms with Crippen molar-refractivity contribution in [2.24, 2.45) is 0 Å². The van der Waals surface area contributed by atoms with Crippen molar-refractivity contribution < 1.29 is 4.79 Å². The van der Waals surface area contributed by atoms with E-state index < -0.39 is 0 Å². The Balaban J connectivity index is 2.24. The smallest absolute Gasteiger partial charge is 0.222 e. The Hall–Kier alpha value is -0.180. The van der Waals surface area contributed by atoms with Crippen molar-refractivity contribution in [1.82, 2.24) is 4.90 Å². The van der Waals surface area contributed by atoms with Gasteiger partial charge in [-0.2, -0.15) is 11.8 Å². The van der Waals surface area contributed by atoms with Gasteiger partial charge < -0.3 is 4.90 Å². The zero-order valence-electron chi connectivity index (χ0n) is 7.01. The van der Waals surface area contributed by atoms with Crippen molar-refractivity contribution in [1.29, 1.82) is 0 Å². The Bertz CT molecular complexity index is 138. The Morgan fingerprint density at radius 3 is 3.00 bits per heavy atom. The summed E-state index contributed by atoms with van der Waals surface area (Å²) >= 11 is 1.80. The maximum absolute atomic E-state index is 11.2. The second-order valence-electron chi connectivity index (χ2n) is 2.83. The van der Waals surface area contributed by atoms with Gasteiger partial charge in [0.05, 0.1) is 0 Å². The lowest BCUT2D eigenvalue weighted by Gasteiger charge is -2.26. The molecule has 0 aliphatic carbocycles. The SMILES string of the molecule is CSCCN1CCCCC1=O. The summed E-state index contributed by atoms with van der Waals surface area (Å²) in [5, 5.41) is 0. The molecule has 0 unspecified atom stereocenters. The molecule has 1 heterocycles. The van der Waals surface area contributed by atoms with Gasteiger partial charge in [-0.05, 0) is 19.1 Å². The molecular formula is C8H15NOS. The molecule has 1 rings (SSSR count). The van der Waals surface area contributed by atoms with Crippen LogP contribution in [0, 0.1) is 0 Å². The first kappa shape index (κ1) is 8.91. The molecule has 0 saturated carbocycles. The van der Waals surface area contributed by atoms with E-state index in [0.717, 1.165) is 31.7 Å². The van der Waals surface area contributed by atoms with Crippen LogP contribution in [0.3, 0.4) is 0 Å². The molecule has 64 valence electrons. The van der Waals surface area contributed by atoms with Crippen LogP contribution in [0.2, 0.25) is 0 Å². The molecule has 3 heteroatoms. The lowest BCUT2D eigenvalue weighted by atomic mass is 10.1. The second kappa shape index (κ2) is 4.65. The number of rotatable bonds is 3. The van der Waals surface area contributed by atoms with E-state index in [1.54, 1.807) is 11.8 Å². The average molecular weight is 173 g/mol. The average Bonchev–Trinajstić information content (AvgIpc) is 2.03. The summed E-state index contributed by atoms with van der Waals surface area (Å²) in [7, 11) is 0. The van der Waals surface area contributed by atoms with Crippen LogP contribution in [0.4, 0.5) is 0 Å². The third-order valence-corrected chi connectivity index (χ3v) is 2.58. The third-order valence-electron chi connectivity index (χ3n) is 1.99. The predicted octanol–water partition coefficient (Wildman–Crippen LogP) is 1.36. The summed E-state index contributed by atoms with van der Waals surface area (Å²) in [5.41, 5.74) is 0. The molecule has 1 saturated heterocycles. The number of likely N-dealkylation sites (tertiary alicyclic amines) is 1. The largest absolute Gasteiger partial charge is 0.342 e. The molecule has 0 atom stereocenters. The van der Waals surface area contributed by atoms with E-state index in [1.165, 1.54) is 6.42 Å². The van der Waals surface area contributed by atoms with Gasteiger partial charge in [0.25, 0.3) is 0 Å². The van der Waals surface area contributed by atoms with Crippen LogP contribution in [-0.4, -0.2) is 35.9 Å². The number of piperidine rings is 1. The minimum atomic E-state index is 0.352. The molecule has 0 aromatic carbocycles. The molecule has 0 aromatic rings. The number of hydrogen-bond acceptors (Lipinski definition) is 2. The highest BCUT2D eigenvalue weighted by Crippen LogP contribution is 2.10. The Kier molecular flexibility index (Phi) is 3.77. The molecule has 1 fully saturated rings. The van der Waals surface area contributed by atoms with Crippen LogP contribution in [0.1, 0.15) is 19.3 Å². The first-order valence-corrected chi connectivity index (χ1v) is 5.50. The molecule has 0 N–H and O–H groups in total. The predicted molar refractivity (Wildman–Crippen MR) is 48.8 cm³/mol. The van der Waals surface area contributed by atoms with Gasteiger partial charge in [-0.3, -0.25) is 4.79 Å². The molecule has 0 radical (unpaired) electrons. The molecule has 1 aliphatic rings. The Labute approximate surface area is 72.3 Å². The fourth-order valence-corrected chi connectivity index (χ4v) is 1.70. The van der Waals surface area contributed by atoms with E-state index in [4.69, 9.17) is 0 Å².